The van der Waals surface area contributed by atoms with Gasteiger partial charge in [-0.2, -0.15) is 0 Å². The molecule has 0 atom stereocenters. The van der Waals surface area contributed by atoms with Gasteiger partial charge in [0.2, 0.25) is 0 Å². The molecule has 0 aromatic heterocycles. The molecular formula is C18H9F6NO2S. The molecule has 0 aliphatic carbocycles. The van der Waals surface area contributed by atoms with Crippen molar-refractivity contribution in [3.8, 4) is 11.1 Å². The second kappa shape index (κ2) is 7.19. The molecule has 3 aromatic carbocycles. The quantitative estimate of drug-likeness (QED) is 0.369. The number of benzene rings is 3. The van der Waals surface area contributed by atoms with Gasteiger partial charge >= 0.3 is 0 Å². The summed E-state index contributed by atoms with van der Waals surface area (Å²) in [6.45, 7) is 0. The predicted molar refractivity (Wildman–Crippen MR) is 88.9 cm³/mol. The summed E-state index contributed by atoms with van der Waals surface area (Å²) in [7, 11) is -4.57. The second-order valence-corrected chi connectivity index (χ2v) is 7.27. The third-order valence-corrected chi connectivity index (χ3v) is 5.07. The number of halogens is 6. The molecule has 10 heteroatoms. The van der Waals surface area contributed by atoms with Crippen molar-refractivity contribution in [2.24, 2.45) is 0 Å². The van der Waals surface area contributed by atoms with E-state index in [4.69, 9.17) is 0 Å². The normalized spacial score (nSPS) is 11.5. The molecule has 3 nitrogen and oxygen atoms in total. The molecule has 0 fully saturated rings. The lowest BCUT2D eigenvalue weighted by molar-refractivity contribution is 0.413. The van der Waals surface area contributed by atoms with Crippen LogP contribution in [-0.4, -0.2) is 8.42 Å². The molecule has 3 rings (SSSR count). The monoisotopic (exact) mass is 417 g/mol. The Morgan fingerprint density at radius 2 is 1.21 bits per heavy atom. The van der Waals surface area contributed by atoms with Crippen LogP contribution < -0.4 is 4.72 Å². The summed E-state index contributed by atoms with van der Waals surface area (Å²) < 4.78 is 110. The molecule has 0 heterocycles. The molecule has 0 spiro atoms. The first-order valence-electron chi connectivity index (χ1n) is 7.52. The van der Waals surface area contributed by atoms with Crippen LogP contribution in [0, 0.1) is 34.9 Å². The largest absolute Gasteiger partial charge is 0.276 e. The van der Waals surface area contributed by atoms with Crippen molar-refractivity contribution in [3.63, 3.8) is 0 Å². The minimum Gasteiger partial charge on any atom is -0.276 e. The standard InChI is InChI=1S/C18H9F6NO2S/c19-10-6-9(7-11(20)8-10)13-14(21)15(22)16(23)17(24)18(13)25-28(26,27)12-4-2-1-3-5-12/h1-8,25H. The molecule has 3 aromatic rings. The molecule has 146 valence electrons. The molecular weight excluding hydrogens is 408 g/mol. The molecule has 28 heavy (non-hydrogen) atoms. The van der Waals surface area contributed by atoms with Gasteiger partial charge < -0.3 is 0 Å². The first kappa shape index (κ1) is 19.7. The van der Waals surface area contributed by atoms with E-state index >= 15 is 0 Å². The molecule has 1 N–H and O–H groups in total. The topological polar surface area (TPSA) is 46.2 Å². The van der Waals surface area contributed by atoms with Gasteiger partial charge in [0, 0.05) is 11.6 Å². The Morgan fingerprint density at radius 3 is 1.79 bits per heavy atom. The minimum absolute atomic E-state index is 0.393. The van der Waals surface area contributed by atoms with Crippen LogP contribution in [0.5, 0.6) is 0 Å². The molecule has 0 bridgehead atoms. The molecule has 0 radical (unpaired) electrons. The van der Waals surface area contributed by atoms with Crippen molar-refractivity contribution in [1.82, 2.24) is 0 Å². The summed E-state index contributed by atoms with van der Waals surface area (Å²) in [5, 5.41) is 0. The summed E-state index contributed by atoms with van der Waals surface area (Å²) in [5.74, 6) is -11.1. The zero-order valence-electron chi connectivity index (χ0n) is 13.6. The smallest absolute Gasteiger partial charge is 0.262 e. The Balaban J connectivity index is 2.29. The lowest BCUT2D eigenvalue weighted by atomic mass is 10.0. The Morgan fingerprint density at radius 1 is 0.679 bits per heavy atom. The van der Waals surface area contributed by atoms with Gasteiger partial charge in [0.05, 0.1) is 10.6 Å². The fourth-order valence-electron chi connectivity index (χ4n) is 2.49. The van der Waals surface area contributed by atoms with Crippen LogP contribution in [0.1, 0.15) is 0 Å². The second-order valence-electron chi connectivity index (χ2n) is 5.58. The van der Waals surface area contributed by atoms with Crippen LogP contribution in [0.4, 0.5) is 32.0 Å². The first-order chi connectivity index (χ1) is 13.1. The van der Waals surface area contributed by atoms with Gasteiger partial charge in [-0.3, -0.25) is 4.72 Å². The fourth-order valence-corrected chi connectivity index (χ4v) is 3.58. The van der Waals surface area contributed by atoms with Crippen molar-refractivity contribution < 1.29 is 34.8 Å². The van der Waals surface area contributed by atoms with Gasteiger partial charge in [0.1, 0.15) is 11.6 Å². The van der Waals surface area contributed by atoms with Gasteiger partial charge in [-0.1, -0.05) is 18.2 Å². The van der Waals surface area contributed by atoms with Gasteiger partial charge in [-0.25, -0.2) is 34.8 Å². The number of hydrogen-bond donors (Lipinski definition) is 1. The predicted octanol–water partition coefficient (Wildman–Crippen LogP) is 4.99. The summed E-state index contributed by atoms with van der Waals surface area (Å²) in [6.07, 6.45) is 0. The third kappa shape index (κ3) is 3.55. The molecule has 0 unspecified atom stereocenters. The summed E-state index contributed by atoms with van der Waals surface area (Å²) in [5.41, 5.74) is -3.25. The van der Waals surface area contributed by atoms with E-state index in [1.807, 2.05) is 0 Å². The molecule has 0 aliphatic rings. The number of nitrogens with one attached hydrogen (secondary N) is 1. The summed E-state index contributed by atoms with van der Waals surface area (Å²) in [6, 6.07) is 7.80. The average molecular weight is 417 g/mol. The van der Waals surface area contributed by atoms with E-state index in [-0.39, 0.29) is 0 Å². The van der Waals surface area contributed by atoms with Crippen LogP contribution in [0.3, 0.4) is 0 Å². The summed E-state index contributed by atoms with van der Waals surface area (Å²) >= 11 is 0. The van der Waals surface area contributed by atoms with Gasteiger partial charge in [-0.05, 0) is 29.8 Å². The maximum absolute atomic E-state index is 14.4. The minimum atomic E-state index is -4.57. The van der Waals surface area contributed by atoms with Crippen LogP contribution in [0.2, 0.25) is 0 Å². The van der Waals surface area contributed by atoms with Crippen molar-refractivity contribution in [2.45, 2.75) is 4.90 Å². The van der Waals surface area contributed by atoms with Gasteiger partial charge in [0.15, 0.2) is 23.3 Å². The number of anilines is 1. The number of sulfonamides is 1. The zero-order chi connectivity index (χ0) is 20.6. The maximum atomic E-state index is 14.4. The highest BCUT2D eigenvalue weighted by atomic mass is 32.2. The van der Waals surface area contributed by atoms with Crippen LogP contribution in [-0.2, 0) is 10.0 Å². The van der Waals surface area contributed by atoms with Crippen molar-refractivity contribution >= 4 is 15.7 Å². The Kier molecular flexibility index (Phi) is 5.07. The van der Waals surface area contributed by atoms with Gasteiger partial charge in [0.25, 0.3) is 10.0 Å². The average Bonchev–Trinajstić information content (AvgIpc) is 2.64. The lowest BCUT2D eigenvalue weighted by Gasteiger charge is -2.16. The SMILES string of the molecule is O=S(=O)(Nc1c(F)c(F)c(F)c(F)c1-c1cc(F)cc(F)c1)c1ccccc1. The Bertz CT molecular complexity index is 1150. The van der Waals surface area contributed by atoms with E-state index in [9.17, 15) is 34.8 Å². The van der Waals surface area contributed by atoms with E-state index in [1.54, 1.807) is 4.72 Å². The third-order valence-electron chi connectivity index (χ3n) is 3.71. The van der Waals surface area contributed by atoms with E-state index in [2.05, 4.69) is 0 Å². The fraction of sp³-hybridized carbons (Fsp3) is 0. The summed E-state index contributed by atoms with van der Waals surface area (Å²) in [4.78, 5) is -0.393. The number of rotatable bonds is 4. The van der Waals surface area contributed by atoms with E-state index in [1.165, 1.54) is 18.2 Å². The van der Waals surface area contributed by atoms with Gasteiger partial charge in [-0.15, -0.1) is 0 Å². The molecule has 0 saturated heterocycles. The number of hydrogen-bond acceptors (Lipinski definition) is 2. The zero-order valence-corrected chi connectivity index (χ0v) is 14.4. The van der Waals surface area contributed by atoms with Crippen molar-refractivity contribution in [3.05, 3.63) is 83.4 Å². The molecule has 0 saturated carbocycles. The molecule has 0 amide bonds. The highest BCUT2D eigenvalue weighted by Crippen LogP contribution is 2.38. The first-order valence-corrected chi connectivity index (χ1v) is 9.00. The van der Waals surface area contributed by atoms with E-state index in [0.29, 0.717) is 18.2 Å². The van der Waals surface area contributed by atoms with Crippen molar-refractivity contribution in [2.75, 3.05) is 4.72 Å². The van der Waals surface area contributed by atoms with Crippen molar-refractivity contribution in [1.29, 1.82) is 0 Å². The lowest BCUT2D eigenvalue weighted by Crippen LogP contribution is -2.17. The van der Waals surface area contributed by atoms with Crippen LogP contribution >= 0.6 is 0 Å². The van der Waals surface area contributed by atoms with E-state index in [0.717, 1.165) is 12.1 Å². The maximum Gasteiger partial charge on any atom is 0.262 e. The Hall–Kier alpha value is -3.01. The van der Waals surface area contributed by atoms with Crippen LogP contribution in [0.15, 0.2) is 53.4 Å². The highest BCUT2D eigenvalue weighted by Gasteiger charge is 2.29. The highest BCUT2D eigenvalue weighted by molar-refractivity contribution is 7.92. The van der Waals surface area contributed by atoms with E-state index < -0.39 is 66.6 Å². The Labute approximate surface area is 155 Å². The van der Waals surface area contributed by atoms with Crippen LogP contribution in [0.25, 0.3) is 11.1 Å². The molecule has 0 aliphatic heterocycles.